The van der Waals surface area contributed by atoms with Crippen LogP contribution in [0.1, 0.15) is 31.7 Å². The lowest BCUT2D eigenvalue weighted by atomic mass is 9.82. The molecule has 0 fully saturated rings. The van der Waals surface area contributed by atoms with Crippen molar-refractivity contribution in [3.63, 3.8) is 0 Å². The van der Waals surface area contributed by atoms with E-state index in [-0.39, 0.29) is 23.6 Å². The summed E-state index contributed by atoms with van der Waals surface area (Å²) in [4.78, 5) is 12.7. The lowest BCUT2D eigenvalue weighted by Gasteiger charge is -2.28. The van der Waals surface area contributed by atoms with Crippen molar-refractivity contribution in [1.82, 2.24) is 0 Å². The van der Waals surface area contributed by atoms with Gasteiger partial charge < -0.3 is 24.7 Å². The molecular formula is C19H22N2O5. The minimum Gasteiger partial charge on any atom is -0.497 e. The van der Waals surface area contributed by atoms with Gasteiger partial charge in [-0.3, -0.25) is 0 Å². The molecule has 0 bridgehead atoms. The Morgan fingerprint density at radius 2 is 2.04 bits per heavy atom. The Labute approximate surface area is 152 Å². The van der Waals surface area contributed by atoms with E-state index in [1.165, 1.54) is 14.2 Å². The maximum Gasteiger partial charge on any atom is 0.338 e. The number of hydrogen-bond acceptors (Lipinski definition) is 7. The highest BCUT2D eigenvalue weighted by atomic mass is 16.5. The summed E-state index contributed by atoms with van der Waals surface area (Å²) in [6.07, 6.45) is 0.413. The van der Waals surface area contributed by atoms with Gasteiger partial charge in [0.05, 0.1) is 32.3 Å². The van der Waals surface area contributed by atoms with E-state index in [1.54, 1.807) is 25.1 Å². The minimum absolute atomic E-state index is 0.0349. The first kappa shape index (κ1) is 19.2. The maximum absolute atomic E-state index is 12.7. The molecule has 2 rings (SSSR count). The van der Waals surface area contributed by atoms with Crippen LogP contribution < -0.4 is 15.2 Å². The van der Waals surface area contributed by atoms with Crippen molar-refractivity contribution >= 4 is 5.97 Å². The summed E-state index contributed by atoms with van der Waals surface area (Å²) in [5, 5.41) is 9.66. The van der Waals surface area contributed by atoms with Gasteiger partial charge in [-0.05, 0) is 25.1 Å². The third-order valence-electron chi connectivity index (χ3n) is 4.06. The molecular weight excluding hydrogens is 336 g/mol. The molecule has 2 N–H and O–H groups in total. The second kappa shape index (κ2) is 8.30. The van der Waals surface area contributed by atoms with Crippen LogP contribution in [0.5, 0.6) is 11.5 Å². The highest BCUT2D eigenvalue weighted by Crippen LogP contribution is 2.44. The third kappa shape index (κ3) is 3.45. The fraction of sp³-hybridized carbons (Fsp3) is 0.368. The first-order chi connectivity index (χ1) is 12.5. The molecule has 1 aromatic rings. The number of carbonyl (C=O) groups is 1. The standard InChI is InChI=1S/C19H22N2O5/c1-5-14-17(19(22)25-6-2)16(13(10-20)18(21)26-14)12-9-11(23-3)7-8-15(12)24-4/h7-9,16H,5-6,21H2,1-4H3/t16-/m0/s1. The van der Waals surface area contributed by atoms with Crippen LogP contribution in [-0.4, -0.2) is 26.8 Å². The smallest absolute Gasteiger partial charge is 0.338 e. The summed E-state index contributed by atoms with van der Waals surface area (Å²) in [6.45, 7) is 3.74. The summed E-state index contributed by atoms with van der Waals surface area (Å²) in [5.74, 6) is 0.0641. The molecule has 1 heterocycles. The van der Waals surface area contributed by atoms with E-state index in [1.807, 2.05) is 6.92 Å². The number of hydrogen-bond donors (Lipinski definition) is 1. The number of ether oxygens (including phenoxy) is 4. The molecule has 7 heteroatoms. The Balaban J connectivity index is 2.77. The Hall–Kier alpha value is -3.14. The van der Waals surface area contributed by atoms with E-state index in [0.29, 0.717) is 29.2 Å². The van der Waals surface area contributed by atoms with E-state index in [4.69, 9.17) is 24.7 Å². The van der Waals surface area contributed by atoms with Crippen LogP contribution in [0.4, 0.5) is 0 Å². The lowest BCUT2D eigenvalue weighted by molar-refractivity contribution is -0.139. The van der Waals surface area contributed by atoms with Gasteiger partial charge in [0.1, 0.15) is 28.9 Å². The molecule has 0 unspecified atom stereocenters. The van der Waals surface area contributed by atoms with Crippen molar-refractivity contribution in [2.24, 2.45) is 5.73 Å². The quantitative estimate of drug-likeness (QED) is 0.780. The van der Waals surface area contributed by atoms with Crippen molar-refractivity contribution in [2.45, 2.75) is 26.2 Å². The van der Waals surface area contributed by atoms with Gasteiger partial charge in [0.25, 0.3) is 0 Å². The average molecular weight is 358 g/mol. The maximum atomic E-state index is 12.7. The third-order valence-corrected chi connectivity index (χ3v) is 4.06. The fourth-order valence-corrected chi connectivity index (χ4v) is 2.89. The van der Waals surface area contributed by atoms with Gasteiger partial charge in [0.15, 0.2) is 0 Å². The second-order valence-electron chi connectivity index (χ2n) is 5.44. The number of methoxy groups -OCH3 is 2. The summed E-state index contributed by atoms with van der Waals surface area (Å²) >= 11 is 0. The number of allylic oxidation sites excluding steroid dienone is 2. The van der Waals surface area contributed by atoms with Crippen LogP contribution in [-0.2, 0) is 14.3 Å². The Morgan fingerprint density at radius 1 is 1.31 bits per heavy atom. The number of carbonyl (C=O) groups excluding carboxylic acids is 1. The van der Waals surface area contributed by atoms with Crippen LogP contribution in [0, 0.1) is 11.3 Å². The SMILES string of the molecule is CCOC(=O)C1=C(CC)OC(N)=C(C#N)[C@@H]1c1cc(OC)ccc1OC. The molecule has 0 saturated heterocycles. The number of benzene rings is 1. The molecule has 0 radical (unpaired) electrons. The summed E-state index contributed by atoms with van der Waals surface area (Å²) < 4.78 is 21.5. The molecule has 7 nitrogen and oxygen atoms in total. The zero-order valence-electron chi connectivity index (χ0n) is 15.3. The molecule has 0 saturated carbocycles. The number of esters is 1. The topological polar surface area (TPSA) is 104 Å². The Morgan fingerprint density at radius 3 is 2.58 bits per heavy atom. The van der Waals surface area contributed by atoms with E-state index >= 15 is 0 Å². The minimum atomic E-state index is -0.771. The molecule has 1 aliphatic heterocycles. The van der Waals surface area contributed by atoms with Crippen LogP contribution >= 0.6 is 0 Å². The number of nitrogens with two attached hydrogens (primary N) is 1. The van der Waals surface area contributed by atoms with Gasteiger partial charge >= 0.3 is 5.97 Å². The predicted molar refractivity (Wildman–Crippen MR) is 94.1 cm³/mol. The Kier molecular flexibility index (Phi) is 6.12. The first-order valence-corrected chi connectivity index (χ1v) is 8.21. The van der Waals surface area contributed by atoms with E-state index in [9.17, 15) is 10.1 Å². The van der Waals surface area contributed by atoms with Crippen LogP contribution in [0.2, 0.25) is 0 Å². The molecule has 138 valence electrons. The summed E-state index contributed by atoms with van der Waals surface area (Å²) in [6, 6.07) is 7.21. The largest absolute Gasteiger partial charge is 0.497 e. The molecule has 1 aromatic carbocycles. The molecule has 0 amide bonds. The number of nitrogens with zero attached hydrogens (tertiary/aromatic N) is 1. The monoisotopic (exact) mass is 358 g/mol. The van der Waals surface area contributed by atoms with E-state index in [2.05, 4.69) is 6.07 Å². The molecule has 0 aromatic heterocycles. The van der Waals surface area contributed by atoms with Gasteiger partial charge in [-0.15, -0.1) is 0 Å². The van der Waals surface area contributed by atoms with Crippen molar-refractivity contribution in [3.8, 4) is 17.6 Å². The first-order valence-electron chi connectivity index (χ1n) is 8.21. The molecule has 1 aliphatic rings. The molecule has 1 atom stereocenters. The van der Waals surface area contributed by atoms with Crippen molar-refractivity contribution in [3.05, 3.63) is 46.6 Å². The van der Waals surface area contributed by atoms with Crippen molar-refractivity contribution in [1.29, 1.82) is 5.26 Å². The zero-order valence-corrected chi connectivity index (χ0v) is 15.3. The van der Waals surface area contributed by atoms with Crippen LogP contribution in [0.25, 0.3) is 0 Å². The molecule has 0 aliphatic carbocycles. The van der Waals surface area contributed by atoms with Gasteiger partial charge in [0.2, 0.25) is 5.88 Å². The average Bonchev–Trinajstić information content (AvgIpc) is 2.66. The van der Waals surface area contributed by atoms with Crippen molar-refractivity contribution < 1.29 is 23.7 Å². The highest BCUT2D eigenvalue weighted by Gasteiger charge is 2.38. The number of nitriles is 1. The normalized spacial score (nSPS) is 16.7. The molecule has 0 spiro atoms. The van der Waals surface area contributed by atoms with E-state index in [0.717, 1.165) is 0 Å². The van der Waals surface area contributed by atoms with Gasteiger partial charge in [-0.1, -0.05) is 6.92 Å². The van der Waals surface area contributed by atoms with Crippen LogP contribution in [0.3, 0.4) is 0 Å². The van der Waals surface area contributed by atoms with Crippen LogP contribution in [0.15, 0.2) is 41.0 Å². The predicted octanol–water partition coefficient (Wildman–Crippen LogP) is 2.74. The highest BCUT2D eigenvalue weighted by molar-refractivity contribution is 5.93. The van der Waals surface area contributed by atoms with Crippen molar-refractivity contribution in [2.75, 3.05) is 20.8 Å². The zero-order chi connectivity index (χ0) is 19.3. The van der Waals surface area contributed by atoms with E-state index < -0.39 is 11.9 Å². The van der Waals surface area contributed by atoms with Gasteiger partial charge in [-0.25, -0.2) is 4.79 Å². The summed E-state index contributed by atoms with van der Waals surface area (Å²) in [5.41, 5.74) is 6.90. The fourth-order valence-electron chi connectivity index (χ4n) is 2.89. The Bertz CT molecular complexity index is 805. The molecule has 26 heavy (non-hydrogen) atoms. The lowest BCUT2D eigenvalue weighted by Crippen LogP contribution is -2.26. The van der Waals surface area contributed by atoms with Gasteiger partial charge in [0, 0.05) is 12.0 Å². The number of rotatable bonds is 6. The van der Waals surface area contributed by atoms with Gasteiger partial charge in [-0.2, -0.15) is 5.26 Å². The summed E-state index contributed by atoms with van der Waals surface area (Å²) in [7, 11) is 3.04. The second-order valence-corrected chi connectivity index (χ2v) is 5.44.